The molecule has 2 fully saturated rings. The lowest BCUT2D eigenvalue weighted by Gasteiger charge is -2.34. The molecule has 1 heterocycles. The predicted molar refractivity (Wildman–Crippen MR) is 125 cm³/mol. The van der Waals surface area contributed by atoms with Gasteiger partial charge in [0.1, 0.15) is 5.75 Å². The highest BCUT2D eigenvalue weighted by Gasteiger charge is 2.28. The molecule has 178 valence electrons. The second-order valence-corrected chi connectivity index (χ2v) is 9.64. The van der Waals surface area contributed by atoms with Gasteiger partial charge in [0.05, 0.1) is 12.3 Å². The van der Waals surface area contributed by atoms with Gasteiger partial charge >= 0.3 is 0 Å². The Morgan fingerprint density at radius 3 is 2.52 bits per heavy atom. The van der Waals surface area contributed by atoms with Crippen LogP contribution < -0.4 is 10.1 Å². The molecule has 2 aliphatic rings. The lowest BCUT2D eigenvalue weighted by molar-refractivity contribution is -0.137. The van der Waals surface area contributed by atoms with Crippen LogP contribution in [0.1, 0.15) is 63.7 Å². The van der Waals surface area contributed by atoms with E-state index in [1.54, 1.807) is 4.90 Å². The molecule has 0 saturated heterocycles. The van der Waals surface area contributed by atoms with Crippen LogP contribution in [0.3, 0.4) is 0 Å². The number of carbonyl (C=O) groups is 2. The first kappa shape index (κ1) is 23.6. The fourth-order valence-corrected chi connectivity index (χ4v) is 5.20. The highest BCUT2D eigenvalue weighted by molar-refractivity contribution is 7.99. The number of aromatic nitrogens is 2. The topological polar surface area (TPSA) is 97.6 Å². The molecule has 2 aliphatic carbocycles. The molecule has 2 aromatic rings. The summed E-state index contributed by atoms with van der Waals surface area (Å²) >= 11 is 1.20. The summed E-state index contributed by atoms with van der Waals surface area (Å²) in [5.41, 5.74) is 0. The van der Waals surface area contributed by atoms with Crippen LogP contribution in [-0.2, 0) is 16.2 Å². The minimum absolute atomic E-state index is 0.0519. The van der Waals surface area contributed by atoms with Crippen LogP contribution >= 0.6 is 11.8 Å². The van der Waals surface area contributed by atoms with Crippen molar-refractivity contribution in [3.8, 4) is 5.75 Å². The molecule has 1 aromatic heterocycles. The van der Waals surface area contributed by atoms with Gasteiger partial charge in [-0.2, -0.15) is 0 Å². The minimum atomic E-state index is -0.0613. The average Bonchev–Trinajstić information content (AvgIpc) is 3.53. The molecule has 0 radical (unpaired) electrons. The summed E-state index contributed by atoms with van der Waals surface area (Å²) in [5.74, 6) is 1.12. The summed E-state index contributed by atoms with van der Waals surface area (Å²) in [6.07, 6.45) is 9.69. The van der Waals surface area contributed by atoms with Crippen LogP contribution in [0.4, 0.5) is 0 Å². The molecule has 0 spiro atoms. The predicted octanol–water partition coefficient (Wildman–Crippen LogP) is 3.96. The number of carbonyl (C=O) groups excluding carboxylic acids is 2. The third-order valence-corrected chi connectivity index (χ3v) is 7.05. The van der Waals surface area contributed by atoms with Gasteiger partial charge in [0.2, 0.25) is 11.8 Å². The second kappa shape index (κ2) is 12.1. The number of nitrogens with zero attached hydrogens (tertiary/aromatic N) is 3. The minimum Gasteiger partial charge on any atom is -0.484 e. The van der Waals surface area contributed by atoms with Crippen molar-refractivity contribution in [2.24, 2.45) is 0 Å². The van der Waals surface area contributed by atoms with Gasteiger partial charge in [0.15, 0.2) is 6.61 Å². The normalized spacial score (nSPS) is 17.1. The van der Waals surface area contributed by atoms with Crippen molar-refractivity contribution in [1.82, 2.24) is 20.4 Å². The Kier molecular flexibility index (Phi) is 8.63. The highest BCUT2D eigenvalue weighted by atomic mass is 32.2. The summed E-state index contributed by atoms with van der Waals surface area (Å²) in [7, 11) is 0. The van der Waals surface area contributed by atoms with Gasteiger partial charge in [-0.1, -0.05) is 62.1 Å². The fourth-order valence-electron chi connectivity index (χ4n) is 4.53. The van der Waals surface area contributed by atoms with E-state index < -0.39 is 0 Å². The third-order valence-electron chi connectivity index (χ3n) is 6.24. The maximum Gasteiger partial charge on any atom is 0.277 e. The summed E-state index contributed by atoms with van der Waals surface area (Å²) in [4.78, 5) is 27.5. The van der Waals surface area contributed by atoms with Crippen LogP contribution in [-0.4, -0.2) is 51.3 Å². The Hall–Kier alpha value is -2.55. The molecule has 2 saturated carbocycles. The molecule has 1 aromatic carbocycles. The van der Waals surface area contributed by atoms with Gasteiger partial charge in [-0.05, 0) is 37.8 Å². The smallest absolute Gasteiger partial charge is 0.277 e. The molecular formula is C24H32N4O4S. The first-order valence-electron chi connectivity index (χ1n) is 11.9. The van der Waals surface area contributed by atoms with Crippen LogP contribution in [0.2, 0.25) is 0 Å². The molecule has 1 N–H and O–H groups in total. The number of para-hydroxylation sites is 1. The van der Waals surface area contributed by atoms with Crippen molar-refractivity contribution in [3.63, 3.8) is 0 Å². The van der Waals surface area contributed by atoms with Gasteiger partial charge in [0.25, 0.3) is 11.1 Å². The Labute approximate surface area is 198 Å². The van der Waals surface area contributed by atoms with Crippen molar-refractivity contribution in [2.75, 3.05) is 12.3 Å². The van der Waals surface area contributed by atoms with Crippen LogP contribution in [0.25, 0.3) is 0 Å². The number of hydrogen-bond donors (Lipinski definition) is 1. The number of amides is 2. The van der Waals surface area contributed by atoms with Gasteiger partial charge in [-0.25, -0.2) is 0 Å². The molecule has 2 amide bonds. The van der Waals surface area contributed by atoms with Crippen molar-refractivity contribution in [1.29, 1.82) is 0 Å². The van der Waals surface area contributed by atoms with Crippen molar-refractivity contribution < 1.29 is 18.7 Å². The Morgan fingerprint density at radius 2 is 1.76 bits per heavy atom. The molecular weight excluding hydrogens is 440 g/mol. The lowest BCUT2D eigenvalue weighted by Crippen LogP contribution is -2.49. The SMILES string of the molecule is O=C(CN(C(=O)CSc1nnc(COc2ccccc2)o1)C1CCCCC1)NC1CCCC1. The zero-order chi connectivity index (χ0) is 22.9. The van der Waals surface area contributed by atoms with E-state index in [-0.39, 0.29) is 42.8 Å². The van der Waals surface area contributed by atoms with E-state index in [1.807, 2.05) is 30.3 Å². The lowest BCUT2D eigenvalue weighted by atomic mass is 9.94. The molecule has 9 heteroatoms. The highest BCUT2D eigenvalue weighted by Crippen LogP contribution is 2.25. The zero-order valence-electron chi connectivity index (χ0n) is 18.9. The van der Waals surface area contributed by atoms with Crippen LogP contribution in [0, 0.1) is 0 Å². The van der Waals surface area contributed by atoms with E-state index in [1.165, 1.54) is 18.2 Å². The number of ether oxygens (including phenoxy) is 1. The molecule has 8 nitrogen and oxygen atoms in total. The average molecular weight is 473 g/mol. The largest absolute Gasteiger partial charge is 0.484 e. The Morgan fingerprint density at radius 1 is 1.03 bits per heavy atom. The van der Waals surface area contributed by atoms with E-state index in [9.17, 15) is 9.59 Å². The fraction of sp³-hybridized carbons (Fsp3) is 0.583. The number of hydrogen-bond acceptors (Lipinski definition) is 7. The first-order valence-corrected chi connectivity index (χ1v) is 12.9. The number of nitrogens with one attached hydrogen (secondary N) is 1. The number of benzene rings is 1. The molecule has 0 atom stereocenters. The van der Waals surface area contributed by atoms with Gasteiger partial charge in [-0.15, -0.1) is 10.2 Å². The molecule has 0 bridgehead atoms. The molecule has 33 heavy (non-hydrogen) atoms. The van der Waals surface area contributed by atoms with E-state index in [0.29, 0.717) is 11.1 Å². The maximum atomic E-state index is 13.1. The monoisotopic (exact) mass is 472 g/mol. The number of thioether (sulfide) groups is 1. The zero-order valence-corrected chi connectivity index (χ0v) is 19.7. The maximum absolute atomic E-state index is 13.1. The van der Waals surface area contributed by atoms with Gasteiger partial charge in [0, 0.05) is 12.1 Å². The van der Waals surface area contributed by atoms with Gasteiger partial charge in [-0.3, -0.25) is 9.59 Å². The summed E-state index contributed by atoms with van der Waals surface area (Å²) in [6, 6.07) is 9.79. The molecule has 4 rings (SSSR count). The summed E-state index contributed by atoms with van der Waals surface area (Å²) in [6.45, 7) is 0.293. The summed E-state index contributed by atoms with van der Waals surface area (Å²) in [5, 5.41) is 11.5. The Bertz CT molecular complexity index is 895. The third kappa shape index (κ3) is 7.22. The van der Waals surface area contributed by atoms with E-state index >= 15 is 0 Å². The molecule has 0 aliphatic heterocycles. The summed E-state index contributed by atoms with van der Waals surface area (Å²) < 4.78 is 11.2. The first-order chi connectivity index (χ1) is 16.2. The van der Waals surface area contributed by atoms with Crippen molar-refractivity contribution in [2.45, 2.75) is 81.7 Å². The van der Waals surface area contributed by atoms with Crippen molar-refractivity contribution >= 4 is 23.6 Å². The van der Waals surface area contributed by atoms with Crippen LogP contribution in [0.15, 0.2) is 40.0 Å². The standard InChI is InChI=1S/C24H32N4O4S/c29-21(25-18-9-7-8-10-18)15-28(19-11-3-1-4-12-19)23(30)17-33-24-27-26-22(32-24)16-31-20-13-5-2-6-14-20/h2,5-6,13-14,18-19H,1,3-4,7-12,15-17H2,(H,25,29). The van der Waals surface area contributed by atoms with E-state index in [4.69, 9.17) is 9.15 Å². The second-order valence-electron chi connectivity index (χ2n) is 8.71. The van der Waals surface area contributed by atoms with Gasteiger partial charge < -0.3 is 19.4 Å². The molecule has 0 unspecified atom stereocenters. The quantitative estimate of drug-likeness (QED) is 0.523. The van der Waals surface area contributed by atoms with Crippen LogP contribution in [0.5, 0.6) is 5.75 Å². The van der Waals surface area contributed by atoms with E-state index in [2.05, 4.69) is 15.5 Å². The Balaban J connectivity index is 1.29. The number of rotatable bonds is 10. The van der Waals surface area contributed by atoms with Crippen molar-refractivity contribution in [3.05, 3.63) is 36.2 Å². The van der Waals surface area contributed by atoms with E-state index in [0.717, 1.165) is 57.1 Å².